The normalized spacial score (nSPS) is 10.7. The van der Waals surface area contributed by atoms with E-state index in [-0.39, 0.29) is 18.9 Å². The Bertz CT molecular complexity index is 1390. The van der Waals surface area contributed by atoms with Gasteiger partial charge in [0.2, 0.25) is 0 Å². The number of nitriles is 1. The van der Waals surface area contributed by atoms with E-state index in [1.165, 1.54) is 0 Å². The minimum absolute atomic E-state index is 0.153. The Morgan fingerprint density at radius 2 is 1.79 bits per heavy atom. The fourth-order valence-electron chi connectivity index (χ4n) is 3.49. The highest BCUT2D eigenvalue weighted by atomic mass is 35.5. The molecular weight excluding hydrogens is 442 g/mol. The summed E-state index contributed by atoms with van der Waals surface area (Å²) in [6, 6.07) is 21.3. The first-order valence-corrected chi connectivity index (χ1v) is 10.4. The van der Waals surface area contributed by atoms with Gasteiger partial charge in [-0.25, -0.2) is 5.48 Å². The number of halogens is 1. The smallest absolute Gasteiger partial charge is 0.307 e. The fourth-order valence-corrected chi connectivity index (χ4v) is 3.61. The summed E-state index contributed by atoms with van der Waals surface area (Å²) in [5, 5.41) is 20.0. The summed E-state index contributed by atoms with van der Waals surface area (Å²) in [5.74, 6) is -1.34. The summed E-state index contributed by atoms with van der Waals surface area (Å²) in [4.78, 5) is 28.7. The molecule has 0 bridgehead atoms. The quantitative estimate of drug-likeness (QED) is 0.391. The number of carboxylic acid groups (broad SMARTS) is 1. The van der Waals surface area contributed by atoms with Gasteiger partial charge in [0.15, 0.2) is 0 Å². The molecule has 1 aromatic heterocycles. The molecule has 4 rings (SSSR count). The van der Waals surface area contributed by atoms with E-state index >= 15 is 0 Å². The summed E-state index contributed by atoms with van der Waals surface area (Å²) >= 11 is 5.86. The highest BCUT2D eigenvalue weighted by Crippen LogP contribution is 2.25. The third-order valence-electron chi connectivity index (χ3n) is 5.07. The maximum Gasteiger partial charge on any atom is 0.307 e. The Balaban J connectivity index is 1.51. The van der Waals surface area contributed by atoms with Crippen LogP contribution in [0.4, 0.5) is 0 Å². The highest BCUT2D eigenvalue weighted by Gasteiger charge is 2.13. The molecular formula is C25H18ClN3O4. The van der Waals surface area contributed by atoms with Crippen molar-refractivity contribution in [2.24, 2.45) is 0 Å². The zero-order valence-corrected chi connectivity index (χ0v) is 18.0. The number of hydroxylamine groups is 1. The molecule has 0 saturated heterocycles. The predicted octanol–water partition coefficient (Wildman–Crippen LogP) is 4.64. The molecule has 0 saturated carbocycles. The summed E-state index contributed by atoms with van der Waals surface area (Å²) in [6.07, 6.45) is 1.65. The highest BCUT2D eigenvalue weighted by molar-refractivity contribution is 6.30. The summed E-state index contributed by atoms with van der Waals surface area (Å²) in [7, 11) is 0. The summed E-state index contributed by atoms with van der Waals surface area (Å²) < 4.78 is 1.83. The van der Waals surface area contributed by atoms with E-state index in [2.05, 4.69) is 11.5 Å². The molecule has 7 nitrogen and oxygen atoms in total. The largest absolute Gasteiger partial charge is 0.481 e. The molecule has 3 aromatic carbocycles. The maximum absolute atomic E-state index is 12.5. The number of hydrogen-bond donors (Lipinski definition) is 2. The third kappa shape index (κ3) is 5.04. The molecule has 0 radical (unpaired) electrons. The molecule has 0 aliphatic heterocycles. The molecule has 0 atom stereocenters. The zero-order valence-electron chi connectivity index (χ0n) is 17.3. The third-order valence-corrected chi connectivity index (χ3v) is 5.32. The first kappa shape index (κ1) is 22.1. The van der Waals surface area contributed by atoms with Crippen LogP contribution in [0.1, 0.15) is 27.0 Å². The molecule has 1 heterocycles. The lowest BCUT2D eigenvalue weighted by atomic mass is 10.1. The van der Waals surface area contributed by atoms with Crippen molar-refractivity contribution in [1.82, 2.24) is 10.0 Å². The Kier molecular flexibility index (Phi) is 6.41. The number of carbonyl (C=O) groups is 2. The van der Waals surface area contributed by atoms with Crippen LogP contribution in [-0.4, -0.2) is 21.6 Å². The minimum Gasteiger partial charge on any atom is -0.481 e. The number of carboxylic acids is 1. The summed E-state index contributed by atoms with van der Waals surface area (Å²) in [6.45, 7) is 0.205. The first-order chi connectivity index (χ1) is 15.9. The number of rotatable bonds is 7. The Morgan fingerprint density at radius 1 is 1.03 bits per heavy atom. The number of amides is 1. The fraction of sp³-hybridized carbons (Fsp3) is 0.0800. The van der Waals surface area contributed by atoms with Gasteiger partial charge >= 0.3 is 5.97 Å². The van der Waals surface area contributed by atoms with Gasteiger partial charge in [0.05, 0.1) is 29.8 Å². The van der Waals surface area contributed by atoms with E-state index in [1.54, 1.807) is 54.7 Å². The summed E-state index contributed by atoms with van der Waals surface area (Å²) in [5.41, 5.74) is 6.08. The second-order valence-electron chi connectivity index (χ2n) is 7.34. The van der Waals surface area contributed by atoms with Gasteiger partial charge in [0, 0.05) is 22.2 Å². The van der Waals surface area contributed by atoms with Crippen molar-refractivity contribution in [2.45, 2.75) is 13.0 Å². The van der Waals surface area contributed by atoms with E-state index in [4.69, 9.17) is 21.5 Å². The van der Waals surface area contributed by atoms with E-state index in [1.807, 2.05) is 22.8 Å². The van der Waals surface area contributed by atoms with Crippen molar-refractivity contribution in [3.63, 3.8) is 0 Å². The lowest BCUT2D eigenvalue weighted by molar-refractivity contribution is -0.136. The van der Waals surface area contributed by atoms with Crippen LogP contribution in [0.15, 0.2) is 72.9 Å². The molecule has 1 amide bonds. The van der Waals surface area contributed by atoms with Crippen molar-refractivity contribution in [3.8, 4) is 11.8 Å². The second-order valence-corrected chi connectivity index (χ2v) is 7.78. The number of benzene rings is 3. The van der Waals surface area contributed by atoms with E-state index in [0.717, 1.165) is 16.5 Å². The van der Waals surface area contributed by atoms with Crippen LogP contribution >= 0.6 is 11.6 Å². The number of nitrogens with one attached hydrogen (secondary N) is 1. The van der Waals surface area contributed by atoms with Crippen molar-refractivity contribution in [3.05, 3.63) is 100 Å². The van der Waals surface area contributed by atoms with E-state index in [9.17, 15) is 14.9 Å². The minimum atomic E-state index is -0.957. The van der Waals surface area contributed by atoms with Gasteiger partial charge in [0.1, 0.15) is 6.07 Å². The first-order valence-electron chi connectivity index (χ1n) is 9.97. The van der Waals surface area contributed by atoms with Crippen LogP contribution in [0.2, 0.25) is 5.02 Å². The SMILES string of the molecule is N#Cc1cc(CC(=O)O)ccc1-n1ccc2cc(C(=O)NOCc3ccc(Cl)cc3)ccc21. The molecule has 164 valence electrons. The number of hydrogen-bond acceptors (Lipinski definition) is 4. The van der Waals surface area contributed by atoms with Crippen LogP contribution in [0, 0.1) is 11.3 Å². The van der Waals surface area contributed by atoms with E-state index in [0.29, 0.717) is 27.4 Å². The zero-order chi connectivity index (χ0) is 23.4. The maximum atomic E-state index is 12.5. The van der Waals surface area contributed by atoms with Crippen LogP contribution in [0.3, 0.4) is 0 Å². The topological polar surface area (TPSA) is 104 Å². The van der Waals surface area contributed by atoms with Gasteiger partial charge < -0.3 is 9.67 Å². The molecule has 0 aliphatic rings. The average molecular weight is 460 g/mol. The molecule has 4 aromatic rings. The molecule has 0 fully saturated rings. The number of aliphatic carboxylic acids is 1. The van der Waals surface area contributed by atoms with Gasteiger partial charge in [-0.1, -0.05) is 29.8 Å². The second kappa shape index (κ2) is 9.57. The predicted molar refractivity (Wildman–Crippen MR) is 123 cm³/mol. The Hall–Kier alpha value is -4.12. The van der Waals surface area contributed by atoms with Gasteiger partial charge in [-0.05, 0) is 59.7 Å². The van der Waals surface area contributed by atoms with Crippen LogP contribution in [0.25, 0.3) is 16.6 Å². The monoisotopic (exact) mass is 459 g/mol. The van der Waals surface area contributed by atoms with Crippen molar-refractivity contribution in [2.75, 3.05) is 0 Å². The lowest BCUT2D eigenvalue weighted by Crippen LogP contribution is -2.23. The van der Waals surface area contributed by atoms with E-state index < -0.39 is 5.97 Å². The number of aromatic nitrogens is 1. The van der Waals surface area contributed by atoms with Gasteiger partial charge in [0.25, 0.3) is 5.91 Å². The van der Waals surface area contributed by atoms with Crippen LogP contribution < -0.4 is 5.48 Å². The van der Waals surface area contributed by atoms with Crippen molar-refractivity contribution < 1.29 is 19.5 Å². The van der Waals surface area contributed by atoms with Crippen LogP contribution in [-0.2, 0) is 22.7 Å². The Morgan fingerprint density at radius 3 is 2.52 bits per heavy atom. The number of fused-ring (bicyclic) bond motifs is 1. The van der Waals surface area contributed by atoms with Crippen LogP contribution in [0.5, 0.6) is 0 Å². The number of nitrogens with zero attached hydrogens (tertiary/aromatic N) is 2. The Labute approximate surface area is 194 Å². The van der Waals surface area contributed by atoms with Crippen molar-refractivity contribution >= 4 is 34.4 Å². The van der Waals surface area contributed by atoms with Gasteiger partial charge in [-0.3, -0.25) is 14.4 Å². The molecule has 8 heteroatoms. The molecule has 0 aliphatic carbocycles. The average Bonchev–Trinajstić information content (AvgIpc) is 3.23. The molecule has 2 N–H and O–H groups in total. The number of carbonyl (C=O) groups excluding carboxylic acids is 1. The lowest BCUT2D eigenvalue weighted by Gasteiger charge is -2.10. The molecule has 33 heavy (non-hydrogen) atoms. The van der Waals surface area contributed by atoms with Gasteiger partial charge in [-0.2, -0.15) is 5.26 Å². The standard InChI is InChI=1S/C25H18ClN3O4/c26-21-5-1-16(2-6-21)15-33-28-25(32)19-4-8-22-18(13-19)9-10-29(22)23-7-3-17(12-24(30)31)11-20(23)14-27/h1-11,13H,12,15H2,(H,28,32)(H,30,31). The molecule has 0 spiro atoms. The van der Waals surface area contributed by atoms with Crippen molar-refractivity contribution in [1.29, 1.82) is 5.26 Å². The van der Waals surface area contributed by atoms with Gasteiger partial charge in [-0.15, -0.1) is 0 Å². The molecule has 0 unspecified atom stereocenters.